The number of methoxy groups -OCH3 is 2. The topological polar surface area (TPSA) is 74.1 Å². The van der Waals surface area contributed by atoms with E-state index in [0.29, 0.717) is 6.04 Å². The fourth-order valence-corrected chi connectivity index (χ4v) is 8.46. The Bertz CT molecular complexity index is 1260. The number of non-ortho nitro benzene ring substituents is 1. The Morgan fingerprint density at radius 1 is 1.15 bits per heavy atom. The molecule has 7 nitrogen and oxygen atoms in total. The van der Waals surface area contributed by atoms with Crippen molar-refractivity contribution < 1.29 is 19.1 Å². The predicted molar refractivity (Wildman–Crippen MR) is 126 cm³/mol. The summed E-state index contributed by atoms with van der Waals surface area (Å²) in [5, 5.41) is 11.3. The molecule has 4 bridgehead atoms. The second-order valence-electron chi connectivity index (χ2n) is 10.6. The number of nitro benzene ring substituents is 1. The summed E-state index contributed by atoms with van der Waals surface area (Å²) in [6.45, 7) is 0.989. The van der Waals surface area contributed by atoms with Crippen LogP contribution in [0, 0.1) is 15.5 Å². The minimum absolute atomic E-state index is 0.123. The highest BCUT2D eigenvalue weighted by Crippen LogP contribution is 2.76. The number of piperidine rings is 1. The first-order valence-corrected chi connectivity index (χ1v) is 12.0. The van der Waals surface area contributed by atoms with Gasteiger partial charge in [-0.25, -0.2) is 0 Å². The number of nitro groups is 1. The van der Waals surface area contributed by atoms with E-state index in [4.69, 9.17) is 14.2 Å². The Labute approximate surface area is 198 Å². The predicted octanol–water partition coefficient (Wildman–Crippen LogP) is 3.99. The molecule has 2 spiro atoms. The van der Waals surface area contributed by atoms with Crippen LogP contribution in [-0.2, 0) is 16.6 Å². The van der Waals surface area contributed by atoms with Gasteiger partial charge in [-0.15, -0.1) is 0 Å². The maximum atomic E-state index is 11.3. The number of fused-ring (bicyclic) bond motifs is 1. The molecule has 34 heavy (non-hydrogen) atoms. The van der Waals surface area contributed by atoms with E-state index in [-0.39, 0.29) is 33.5 Å². The van der Waals surface area contributed by atoms with Crippen molar-refractivity contribution >= 4 is 5.69 Å². The quantitative estimate of drug-likeness (QED) is 0.390. The van der Waals surface area contributed by atoms with Crippen LogP contribution in [0.1, 0.15) is 35.4 Å². The Balaban J connectivity index is 1.53. The van der Waals surface area contributed by atoms with Crippen molar-refractivity contribution in [1.29, 1.82) is 0 Å². The van der Waals surface area contributed by atoms with Crippen molar-refractivity contribution in [3.63, 3.8) is 0 Å². The van der Waals surface area contributed by atoms with Crippen LogP contribution < -0.4 is 9.47 Å². The van der Waals surface area contributed by atoms with E-state index in [1.54, 1.807) is 26.4 Å². The second kappa shape index (κ2) is 6.40. The van der Waals surface area contributed by atoms with Crippen molar-refractivity contribution in [2.45, 2.75) is 48.3 Å². The second-order valence-corrected chi connectivity index (χ2v) is 10.6. The average molecular weight is 461 g/mol. The summed E-state index contributed by atoms with van der Waals surface area (Å²) in [4.78, 5) is 13.5. The lowest BCUT2D eigenvalue weighted by Crippen LogP contribution is -2.78. The van der Waals surface area contributed by atoms with Crippen molar-refractivity contribution in [3.8, 4) is 11.5 Å². The number of ether oxygens (including phenoxy) is 3. The minimum Gasteiger partial charge on any atom is -0.493 e. The van der Waals surface area contributed by atoms with Gasteiger partial charge in [-0.1, -0.05) is 30.4 Å². The number of benzene rings is 2. The summed E-state index contributed by atoms with van der Waals surface area (Å²) < 4.78 is 19.0. The molecule has 2 aromatic carbocycles. The van der Waals surface area contributed by atoms with E-state index in [0.717, 1.165) is 42.9 Å². The Morgan fingerprint density at radius 2 is 1.94 bits per heavy atom. The number of hydrogen-bond acceptors (Lipinski definition) is 6. The van der Waals surface area contributed by atoms with Crippen LogP contribution in [0.3, 0.4) is 0 Å². The molecule has 2 aliphatic heterocycles. The fraction of sp³-hybridized carbons (Fsp3) is 0.481. The smallest absolute Gasteiger partial charge is 0.269 e. The number of rotatable bonds is 4. The molecule has 0 amide bonds. The number of likely N-dealkylation sites (N-methyl/N-ethyl adjacent to an activating group) is 1. The molecule has 7 heteroatoms. The van der Waals surface area contributed by atoms with Crippen molar-refractivity contribution in [2.24, 2.45) is 5.41 Å². The lowest BCUT2D eigenvalue weighted by molar-refractivity contribution is -0.384. The van der Waals surface area contributed by atoms with Gasteiger partial charge in [0.25, 0.3) is 5.69 Å². The highest BCUT2D eigenvalue weighted by molar-refractivity contribution is 5.66. The van der Waals surface area contributed by atoms with E-state index >= 15 is 0 Å². The van der Waals surface area contributed by atoms with Crippen LogP contribution in [-0.4, -0.2) is 55.4 Å². The molecule has 6 aliphatic rings. The molecule has 0 N–H and O–H groups in total. The summed E-state index contributed by atoms with van der Waals surface area (Å²) in [7, 11) is 5.72. The molecule has 6 unspecified atom stereocenters. The largest absolute Gasteiger partial charge is 0.493 e. The molecule has 8 rings (SSSR count). The van der Waals surface area contributed by atoms with Crippen LogP contribution in [0.4, 0.5) is 5.69 Å². The normalized spacial score (nSPS) is 38.4. The molecule has 2 fully saturated rings. The number of likely N-dealkylation sites (tertiary alicyclic amines) is 1. The molecule has 1 saturated heterocycles. The Hall–Kier alpha value is -2.90. The fourth-order valence-electron chi connectivity index (χ4n) is 8.46. The zero-order valence-electron chi connectivity index (χ0n) is 19.6. The average Bonchev–Trinajstić information content (AvgIpc) is 3.23. The molecular formula is C27H28N2O5. The van der Waals surface area contributed by atoms with Gasteiger partial charge in [0.1, 0.15) is 11.7 Å². The van der Waals surface area contributed by atoms with Gasteiger partial charge in [-0.2, -0.15) is 0 Å². The maximum Gasteiger partial charge on any atom is 0.269 e. The zero-order chi connectivity index (χ0) is 23.5. The van der Waals surface area contributed by atoms with Crippen LogP contribution in [0.5, 0.6) is 11.5 Å². The van der Waals surface area contributed by atoms with Gasteiger partial charge < -0.3 is 19.1 Å². The molecule has 176 valence electrons. The molecule has 0 aromatic heterocycles. The first kappa shape index (κ1) is 20.5. The molecule has 2 aromatic rings. The molecule has 0 radical (unpaired) electrons. The van der Waals surface area contributed by atoms with E-state index in [2.05, 4.69) is 30.2 Å². The monoisotopic (exact) mass is 460 g/mol. The van der Waals surface area contributed by atoms with E-state index < -0.39 is 5.60 Å². The van der Waals surface area contributed by atoms with Crippen LogP contribution in [0.15, 0.2) is 48.6 Å². The summed E-state index contributed by atoms with van der Waals surface area (Å²) in [5.74, 6) is 1.82. The van der Waals surface area contributed by atoms with Crippen molar-refractivity contribution in [1.82, 2.24) is 4.90 Å². The van der Waals surface area contributed by atoms with E-state index in [1.165, 1.54) is 11.1 Å². The van der Waals surface area contributed by atoms with Gasteiger partial charge in [0, 0.05) is 36.3 Å². The van der Waals surface area contributed by atoms with Gasteiger partial charge in [-0.3, -0.25) is 10.1 Å². The standard InChI is InChI=1S/C27H28N2O5/c1-28-13-12-27-22-17-6-9-20(32-2)23(22)34-24(27)25(33-3)10-11-26(27,21(28)14-17)19(15-25)16-4-7-18(8-5-16)29(30)31/h4-11,19,21,24H,12-15H2,1-3H3. The third-order valence-corrected chi connectivity index (χ3v) is 9.76. The Kier molecular flexibility index (Phi) is 3.85. The minimum atomic E-state index is -0.576. The number of hydrogen-bond donors (Lipinski definition) is 0. The van der Waals surface area contributed by atoms with E-state index in [1.807, 2.05) is 18.2 Å². The summed E-state index contributed by atoms with van der Waals surface area (Å²) in [5.41, 5.74) is 2.89. The van der Waals surface area contributed by atoms with Gasteiger partial charge in [0.2, 0.25) is 0 Å². The molecule has 2 heterocycles. The molecule has 1 saturated carbocycles. The van der Waals surface area contributed by atoms with Crippen LogP contribution in [0.2, 0.25) is 0 Å². The lowest BCUT2D eigenvalue weighted by atomic mass is 9.35. The third kappa shape index (κ3) is 2.04. The zero-order valence-corrected chi connectivity index (χ0v) is 19.6. The van der Waals surface area contributed by atoms with Crippen molar-refractivity contribution in [3.05, 3.63) is 75.4 Å². The highest BCUT2D eigenvalue weighted by Gasteiger charge is 2.79. The molecule has 6 atom stereocenters. The molecular weight excluding hydrogens is 432 g/mol. The van der Waals surface area contributed by atoms with Gasteiger partial charge >= 0.3 is 0 Å². The van der Waals surface area contributed by atoms with Crippen molar-refractivity contribution in [2.75, 3.05) is 27.8 Å². The SMILES string of the molecule is COc1ccc2c3c1OC1C4(OC)C=CC5(C(c6ccc([N+](=O)[O-])cc6)C4)C(C2)N(C)CCC315. The van der Waals surface area contributed by atoms with Crippen LogP contribution >= 0.6 is 0 Å². The summed E-state index contributed by atoms with van der Waals surface area (Å²) in [6, 6.07) is 11.7. The lowest BCUT2D eigenvalue weighted by Gasteiger charge is -2.72. The first-order valence-electron chi connectivity index (χ1n) is 12.0. The van der Waals surface area contributed by atoms with Gasteiger partial charge in [-0.05, 0) is 56.0 Å². The number of nitrogens with zero attached hydrogens (tertiary/aromatic N) is 2. The summed E-state index contributed by atoms with van der Waals surface area (Å²) in [6.07, 6.45) is 7.24. The van der Waals surface area contributed by atoms with Gasteiger partial charge in [0.05, 0.1) is 17.4 Å². The maximum absolute atomic E-state index is 11.3. The molecule has 4 aliphatic carbocycles. The third-order valence-electron chi connectivity index (χ3n) is 9.76. The van der Waals surface area contributed by atoms with Crippen LogP contribution in [0.25, 0.3) is 0 Å². The first-order chi connectivity index (χ1) is 16.4. The van der Waals surface area contributed by atoms with Gasteiger partial charge in [0.15, 0.2) is 11.5 Å². The summed E-state index contributed by atoms with van der Waals surface area (Å²) >= 11 is 0. The highest BCUT2D eigenvalue weighted by atomic mass is 16.6. The Morgan fingerprint density at radius 3 is 2.65 bits per heavy atom. The van der Waals surface area contributed by atoms with E-state index in [9.17, 15) is 10.1 Å².